The van der Waals surface area contributed by atoms with Crippen LogP contribution in [-0.4, -0.2) is 16.4 Å². The predicted molar refractivity (Wildman–Crippen MR) is 73.1 cm³/mol. The molecule has 0 spiro atoms. The summed E-state index contributed by atoms with van der Waals surface area (Å²) in [6.45, 7) is 0. The zero-order valence-electron chi connectivity index (χ0n) is 10.2. The fraction of sp³-hybridized carbons (Fsp3) is 0.0714. The summed E-state index contributed by atoms with van der Waals surface area (Å²) in [6, 6.07) is 12.0. The van der Waals surface area contributed by atoms with E-state index < -0.39 is 10.8 Å². The summed E-state index contributed by atoms with van der Waals surface area (Å²) in [5.74, 6) is -0.646. The van der Waals surface area contributed by atoms with Crippen LogP contribution in [0.25, 0.3) is 0 Å². The Hall–Kier alpha value is -2.01. The van der Waals surface area contributed by atoms with Gasteiger partial charge in [-0.3, -0.25) is 9.00 Å². The lowest BCUT2D eigenvalue weighted by Crippen LogP contribution is -2.11. The summed E-state index contributed by atoms with van der Waals surface area (Å²) in [6.07, 6.45) is 1.58. The Morgan fingerprint density at radius 3 is 2.16 bits per heavy atom. The first-order valence-corrected chi connectivity index (χ1v) is 7.12. The van der Waals surface area contributed by atoms with Gasteiger partial charge in [0.2, 0.25) is 0 Å². The highest BCUT2D eigenvalue weighted by molar-refractivity contribution is 7.84. The molecule has 0 aliphatic carbocycles. The average molecular weight is 277 g/mol. The Bertz CT molecular complexity index is 608. The van der Waals surface area contributed by atoms with E-state index in [2.05, 4.69) is 5.32 Å². The molecule has 0 aliphatic rings. The van der Waals surface area contributed by atoms with Gasteiger partial charge in [-0.1, -0.05) is 0 Å². The van der Waals surface area contributed by atoms with Crippen molar-refractivity contribution < 1.29 is 13.4 Å². The first kappa shape index (κ1) is 13.4. The van der Waals surface area contributed by atoms with Gasteiger partial charge in [-0.25, -0.2) is 4.39 Å². The standard InChI is InChI=1S/C14H12FNO2S/c1-19(18)13-8-2-10(3-9-13)14(17)16-12-6-4-11(15)5-7-12/h2-9H,1H3,(H,16,17). The van der Waals surface area contributed by atoms with E-state index in [0.29, 0.717) is 16.1 Å². The normalized spacial score (nSPS) is 11.9. The summed E-state index contributed by atoms with van der Waals surface area (Å²) in [5, 5.41) is 2.65. The maximum Gasteiger partial charge on any atom is 0.255 e. The van der Waals surface area contributed by atoms with Crippen LogP contribution in [0.15, 0.2) is 53.4 Å². The lowest BCUT2D eigenvalue weighted by Gasteiger charge is -2.05. The minimum absolute atomic E-state index is 0.292. The van der Waals surface area contributed by atoms with Crippen LogP contribution in [0, 0.1) is 5.82 Å². The second kappa shape index (κ2) is 5.75. The molecular weight excluding hydrogens is 265 g/mol. The van der Waals surface area contributed by atoms with Gasteiger partial charge in [0.1, 0.15) is 5.82 Å². The number of hydrogen-bond donors (Lipinski definition) is 1. The van der Waals surface area contributed by atoms with Gasteiger partial charge in [-0.05, 0) is 48.5 Å². The molecule has 2 aromatic rings. The SMILES string of the molecule is CS(=O)c1ccc(C(=O)Nc2ccc(F)cc2)cc1. The summed E-state index contributed by atoms with van der Waals surface area (Å²) < 4.78 is 24.0. The van der Waals surface area contributed by atoms with Crippen LogP contribution in [0.5, 0.6) is 0 Å². The quantitative estimate of drug-likeness (QED) is 0.937. The number of rotatable bonds is 3. The number of anilines is 1. The monoisotopic (exact) mass is 277 g/mol. The molecule has 0 aliphatic heterocycles. The van der Waals surface area contributed by atoms with Crippen molar-refractivity contribution in [1.29, 1.82) is 0 Å². The van der Waals surface area contributed by atoms with E-state index >= 15 is 0 Å². The number of halogens is 1. The number of carbonyl (C=O) groups is 1. The van der Waals surface area contributed by atoms with E-state index in [0.717, 1.165) is 0 Å². The molecule has 2 aromatic carbocycles. The Balaban J connectivity index is 2.11. The molecule has 0 saturated carbocycles. The molecule has 3 nitrogen and oxygen atoms in total. The number of amides is 1. The topological polar surface area (TPSA) is 46.2 Å². The van der Waals surface area contributed by atoms with Crippen LogP contribution >= 0.6 is 0 Å². The number of hydrogen-bond acceptors (Lipinski definition) is 2. The molecule has 1 atom stereocenters. The largest absolute Gasteiger partial charge is 0.322 e. The molecule has 0 radical (unpaired) electrons. The van der Waals surface area contributed by atoms with Crippen LogP contribution in [0.2, 0.25) is 0 Å². The molecule has 0 fully saturated rings. The molecule has 0 saturated heterocycles. The van der Waals surface area contributed by atoms with E-state index in [4.69, 9.17) is 0 Å². The van der Waals surface area contributed by atoms with Crippen LogP contribution in [-0.2, 0) is 10.8 Å². The minimum atomic E-state index is -1.06. The van der Waals surface area contributed by atoms with E-state index in [-0.39, 0.29) is 11.7 Å². The fourth-order valence-corrected chi connectivity index (χ4v) is 2.05. The van der Waals surface area contributed by atoms with Crippen molar-refractivity contribution >= 4 is 22.4 Å². The molecule has 5 heteroatoms. The van der Waals surface area contributed by atoms with Gasteiger partial charge in [0.15, 0.2) is 0 Å². The van der Waals surface area contributed by atoms with Crippen LogP contribution in [0.3, 0.4) is 0 Å². The number of carbonyl (C=O) groups excluding carboxylic acids is 1. The molecule has 0 aromatic heterocycles. The van der Waals surface area contributed by atoms with E-state index in [1.54, 1.807) is 30.5 Å². The van der Waals surface area contributed by atoms with Crippen LogP contribution in [0.4, 0.5) is 10.1 Å². The van der Waals surface area contributed by atoms with Crippen molar-refractivity contribution in [3.8, 4) is 0 Å². The smallest absolute Gasteiger partial charge is 0.255 e. The van der Waals surface area contributed by atoms with Gasteiger partial charge < -0.3 is 5.32 Å². The molecule has 0 heterocycles. The highest BCUT2D eigenvalue weighted by Gasteiger charge is 2.06. The van der Waals surface area contributed by atoms with Gasteiger partial charge in [0.25, 0.3) is 5.91 Å². The summed E-state index contributed by atoms with van der Waals surface area (Å²) >= 11 is 0. The van der Waals surface area contributed by atoms with E-state index in [9.17, 15) is 13.4 Å². The van der Waals surface area contributed by atoms with Gasteiger partial charge in [0, 0.05) is 33.2 Å². The predicted octanol–water partition coefficient (Wildman–Crippen LogP) is 2.82. The van der Waals surface area contributed by atoms with Crippen molar-refractivity contribution in [3.05, 3.63) is 59.9 Å². The molecule has 19 heavy (non-hydrogen) atoms. The zero-order chi connectivity index (χ0) is 13.8. The minimum Gasteiger partial charge on any atom is -0.322 e. The maximum atomic E-state index is 12.7. The van der Waals surface area contributed by atoms with Crippen molar-refractivity contribution in [2.75, 3.05) is 11.6 Å². The Morgan fingerprint density at radius 1 is 1.05 bits per heavy atom. The second-order valence-corrected chi connectivity index (χ2v) is 5.32. The lowest BCUT2D eigenvalue weighted by molar-refractivity contribution is 0.102. The average Bonchev–Trinajstić information content (AvgIpc) is 2.41. The Labute approximate surface area is 112 Å². The second-order valence-electron chi connectivity index (χ2n) is 3.94. The summed E-state index contributed by atoms with van der Waals surface area (Å²) in [4.78, 5) is 12.6. The third kappa shape index (κ3) is 3.48. The Kier molecular flexibility index (Phi) is 4.06. The third-order valence-corrected chi connectivity index (χ3v) is 3.49. The van der Waals surface area contributed by atoms with E-state index in [1.165, 1.54) is 24.3 Å². The van der Waals surface area contributed by atoms with Gasteiger partial charge in [-0.15, -0.1) is 0 Å². The van der Waals surface area contributed by atoms with Gasteiger partial charge in [-0.2, -0.15) is 0 Å². The van der Waals surface area contributed by atoms with Crippen molar-refractivity contribution in [2.45, 2.75) is 4.90 Å². The highest BCUT2D eigenvalue weighted by atomic mass is 32.2. The first-order valence-electron chi connectivity index (χ1n) is 5.56. The third-order valence-electron chi connectivity index (χ3n) is 2.55. The van der Waals surface area contributed by atoms with Gasteiger partial charge in [0.05, 0.1) is 0 Å². The molecule has 1 amide bonds. The van der Waals surface area contributed by atoms with Crippen molar-refractivity contribution in [3.63, 3.8) is 0 Å². The summed E-state index contributed by atoms with van der Waals surface area (Å²) in [5.41, 5.74) is 0.980. The van der Waals surface area contributed by atoms with Gasteiger partial charge >= 0.3 is 0 Å². The van der Waals surface area contributed by atoms with Crippen molar-refractivity contribution in [1.82, 2.24) is 0 Å². The van der Waals surface area contributed by atoms with Crippen molar-refractivity contribution in [2.24, 2.45) is 0 Å². The fourth-order valence-electron chi connectivity index (χ4n) is 1.53. The molecule has 1 N–H and O–H groups in total. The molecule has 1 unspecified atom stereocenters. The Morgan fingerprint density at radius 2 is 1.63 bits per heavy atom. The maximum absolute atomic E-state index is 12.7. The van der Waals surface area contributed by atoms with Crippen LogP contribution in [0.1, 0.15) is 10.4 Å². The van der Waals surface area contributed by atoms with Crippen LogP contribution < -0.4 is 5.32 Å². The summed E-state index contributed by atoms with van der Waals surface area (Å²) in [7, 11) is -1.06. The lowest BCUT2D eigenvalue weighted by atomic mass is 10.2. The molecule has 2 rings (SSSR count). The zero-order valence-corrected chi connectivity index (χ0v) is 11.0. The number of benzene rings is 2. The van der Waals surface area contributed by atoms with E-state index in [1.807, 2.05) is 0 Å². The highest BCUT2D eigenvalue weighted by Crippen LogP contribution is 2.12. The molecular formula is C14H12FNO2S. The molecule has 98 valence electrons. The number of nitrogens with one attached hydrogen (secondary N) is 1. The first-order chi connectivity index (χ1) is 9.06. The molecule has 0 bridgehead atoms.